The average molecular weight is 330 g/mol. The fourth-order valence-electron chi connectivity index (χ4n) is 1.88. The lowest BCUT2D eigenvalue weighted by atomic mass is 10.2. The summed E-state index contributed by atoms with van der Waals surface area (Å²) in [7, 11) is 1.60. The van der Waals surface area contributed by atoms with Gasteiger partial charge in [0.05, 0.1) is 13.7 Å². The number of halogens is 1. The summed E-state index contributed by atoms with van der Waals surface area (Å²) in [6, 6.07) is 12.9. The topological polar surface area (TPSA) is 59.6 Å². The number of methoxy groups -OCH3 is 1. The maximum atomic E-state index is 13.0. The number of hydrogen-bond donors (Lipinski definition) is 2. The zero-order valence-electron chi connectivity index (χ0n) is 13.3. The maximum Gasteiger partial charge on any atom is 0.318 e. The quantitative estimate of drug-likeness (QED) is 0.767. The third kappa shape index (κ3) is 6.00. The Morgan fingerprint density at radius 1 is 1.17 bits per heavy atom. The standard InChI is InChI=1S/C18H19FN2O3/c1-23-16-5-7-17(8-6-16)24-12-11-21-18(22)20-10-9-14-3-2-4-15(19)13-14/h2-10,13H,11-12H2,1H3,(H2,20,21,22)/b10-9+. The van der Waals surface area contributed by atoms with Gasteiger partial charge in [-0.3, -0.25) is 0 Å². The largest absolute Gasteiger partial charge is 0.497 e. The van der Waals surface area contributed by atoms with Gasteiger partial charge in [-0.05, 0) is 48.0 Å². The predicted molar refractivity (Wildman–Crippen MR) is 90.5 cm³/mol. The molecule has 2 aromatic carbocycles. The molecule has 0 bridgehead atoms. The van der Waals surface area contributed by atoms with Crippen molar-refractivity contribution in [3.63, 3.8) is 0 Å². The lowest BCUT2D eigenvalue weighted by Crippen LogP contribution is -2.34. The van der Waals surface area contributed by atoms with Crippen LogP contribution in [0.4, 0.5) is 9.18 Å². The summed E-state index contributed by atoms with van der Waals surface area (Å²) < 4.78 is 23.5. The van der Waals surface area contributed by atoms with E-state index in [1.54, 1.807) is 49.6 Å². The van der Waals surface area contributed by atoms with E-state index in [2.05, 4.69) is 10.6 Å². The van der Waals surface area contributed by atoms with Gasteiger partial charge < -0.3 is 20.1 Å². The van der Waals surface area contributed by atoms with E-state index in [0.717, 1.165) is 5.75 Å². The van der Waals surface area contributed by atoms with Crippen molar-refractivity contribution in [2.75, 3.05) is 20.3 Å². The molecule has 0 spiro atoms. The molecule has 0 radical (unpaired) electrons. The lowest BCUT2D eigenvalue weighted by molar-refractivity contribution is 0.239. The molecule has 0 fully saturated rings. The second-order valence-electron chi connectivity index (χ2n) is 4.81. The number of carbonyl (C=O) groups is 1. The third-order valence-corrected chi connectivity index (χ3v) is 3.05. The van der Waals surface area contributed by atoms with Gasteiger partial charge in [-0.2, -0.15) is 0 Å². The molecule has 5 nitrogen and oxygen atoms in total. The smallest absolute Gasteiger partial charge is 0.318 e. The summed E-state index contributed by atoms with van der Waals surface area (Å²) in [5.41, 5.74) is 0.665. The van der Waals surface area contributed by atoms with Gasteiger partial charge in [0, 0.05) is 6.20 Å². The zero-order chi connectivity index (χ0) is 17.2. The molecule has 0 aliphatic carbocycles. The molecule has 2 N–H and O–H groups in total. The van der Waals surface area contributed by atoms with E-state index < -0.39 is 0 Å². The Bertz CT molecular complexity index is 687. The van der Waals surface area contributed by atoms with Gasteiger partial charge in [-0.1, -0.05) is 12.1 Å². The van der Waals surface area contributed by atoms with Gasteiger partial charge in [-0.15, -0.1) is 0 Å². The molecule has 0 atom stereocenters. The highest BCUT2D eigenvalue weighted by atomic mass is 19.1. The first-order chi connectivity index (χ1) is 11.7. The van der Waals surface area contributed by atoms with E-state index in [0.29, 0.717) is 24.5 Å². The van der Waals surface area contributed by atoms with Gasteiger partial charge in [0.1, 0.15) is 23.9 Å². The average Bonchev–Trinajstić information content (AvgIpc) is 2.59. The van der Waals surface area contributed by atoms with Crippen LogP contribution in [0.3, 0.4) is 0 Å². The molecule has 2 aromatic rings. The van der Waals surface area contributed by atoms with Crippen molar-refractivity contribution >= 4 is 12.1 Å². The minimum absolute atomic E-state index is 0.322. The molecule has 0 aromatic heterocycles. The highest BCUT2D eigenvalue weighted by Gasteiger charge is 1.98. The first-order valence-electron chi connectivity index (χ1n) is 7.41. The Morgan fingerprint density at radius 3 is 2.62 bits per heavy atom. The second kappa shape index (κ2) is 9.19. The van der Waals surface area contributed by atoms with E-state index in [1.165, 1.54) is 18.3 Å². The number of rotatable bonds is 7. The fourth-order valence-corrected chi connectivity index (χ4v) is 1.88. The summed E-state index contributed by atoms with van der Waals surface area (Å²) in [5, 5.41) is 5.19. The summed E-state index contributed by atoms with van der Waals surface area (Å²) in [4.78, 5) is 11.6. The van der Waals surface area contributed by atoms with E-state index in [9.17, 15) is 9.18 Å². The van der Waals surface area contributed by atoms with Crippen LogP contribution < -0.4 is 20.1 Å². The normalized spacial score (nSPS) is 10.4. The molecule has 0 aliphatic rings. The van der Waals surface area contributed by atoms with E-state index >= 15 is 0 Å². The van der Waals surface area contributed by atoms with Crippen molar-refractivity contribution in [1.29, 1.82) is 0 Å². The van der Waals surface area contributed by atoms with Crippen LogP contribution in [-0.4, -0.2) is 26.3 Å². The molecule has 0 saturated heterocycles. The van der Waals surface area contributed by atoms with Crippen LogP contribution in [0.15, 0.2) is 54.7 Å². The molecule has 2 amide bonds. The highest BCUT2D eigenvalue weighted by molar-refractivity contribution is 5.75. The summed E-state index contributed by atoms with van der Waals surface area (Å²) in [6.07, 6.45) is 3.06. The van der Waals surface area contributed by atoms with Crippen LogP contribution in [-0.2, 0) is 0 Å². The number of carbonyl (C=O) groups excluding carboxylic acids is 1. The zero-order valence-corrected chi connectivity index (χ0v) is 13.3. The van der Waals surface area contributed by atoms with Crippen LogP contribution in [0.5, 0.6) is 11.5 Å². The molecule has 2 rings (SSSR count). The van der Waals surface area contributed by atoms with E-state index in [-0.39, 0.29) is 11.8 Å². The molecule has 0 unspecified atom stereocenters. The number of hydrogen-bond acceptors (Lipinski definition) is 3. The molecule has 126 valence electrons. The third-order valence-electron chi connectivity index (χ3n) is 3.05. The van der Waals surface area contributed by atoms with Crippen LogP contribution in [0.2, 0.25) is 0 Å². The monoisotopic (exact) mass is 330 g/mol. The van der Waals surface area contributed by atoms with Gasteiger partial charge in [-0.25, -0.2) is 9.18 Å². The predicted octanol–water partition coefficient (Wildman–Crippen LogP) is 3.18. The minimum atomic E-state index is -0.360. The van der Waals surface area contributed by atoms with Gasteiger partial charge in [0.15, 0.2) is 0 Å². The van der Waals surface area contributed by atoms with Gasteiger partial charge in [0.25, 0.3) is 0 Å². The van der Waals surface area contributed by atoms with Crippen LogP contribution in [0.1, 0.15) is 5.56 Å². The first kappa shape index (κ1) is 17.3. The molecule has 0 aliphatic heterocycles. The van der Waals surface area contributed by atoms with Crippen LogP contribution >= 0.6 is 0 Å². The maximum absolute atomic E-state index is 13.0. The van der Waals surface area contributed by atoms with Crippen molar-refractivity contribution in [1.82, 2.24) is 10.6 Å². The van der Waals surface area contributed by atoms with Crippen molar-refractivity contribution in [2.24, 2.45) is 0 Å². The van der Waals surface area contributed by atoms with Gasteiger partial charge >= 0.3 is 6.03 Å². The number of nitrogens with one attached hydrogen (secondary N) is 2. The SMILES string of the molecule is COc1ccc(OCCNC(=O)N/C=C/c2cccc(F)c2)cc1. The summed E-state index contributed by atoms with van der Waals surface area (Å²) in [5.74, 6) is 1.13. The molecular formula is C18H19FN2O3. The van der Waals surface area contributed by atoms with Crippen molar-refractivity contribution in [2.45, 2.75) is 0 Å². The molecular weight excluding hydrogens is 311 g/mol. The minimum Gasteiger partial charge on any atom is -0.497 e. The first-order valence-corrected chi connectivity index (χ1v) is 7.41. The Hall–Kier alpha value is -3.02. The Balaban J connectivity index is 1.64. The number of benzene rings is 2. The van der Waals surface area contributed by atoms with E-state index in [4.69, 9.17) is 9.47 Å². The lowest BCUT2D eigenvalue weighted by Gasteiger charge is -2.08. The summed E-state index contributed by atoms with van der Waals surface area (Å²) >= 11 is 0. The van der Waals surface area contributed by atoms with Crippen molar-refractivity contribution < 1.29 is 18.7 Å². The van der Waals surface area contributed by atoms with E-state index in [1.807, 2.05) is 0 Å². The Kier molecular flexibility index (Phi) is 6.64. The van der Waals surface area contributed by atoms with Crippen molar-refractivity contribution in [3.8, 4) is 11.5 Å². The Labute approximate surface area is 140 Å². The molecule has 24 heavy (non-hydrogen) atoms. The Morgan fingerprint density at radius 2 is 1.92 bits per heavy atom. The fraction of sp³-hybridized carbons (Fsp3) is 0.167. The molecule has 0 heterocycles. The number of amides is 2. The second-order valence-corrected chi connectivity index (χ2v) is 4.81. The molecule has 6 heteroatoms. The summed E-state index contributed by atoms with van der Waals surface area (Å²) in [6.45, 7) is 0.693. The van der Waals surface area contributed by atoms with Gasteiger partial charge in [0.2, 0.25) is 0 Å². The van der Waals surface area contributed by atoms with Crippen LogP contribution in [0, 0.1) is 5.82 Å². The number of urea groups is 1. The van der Waals surface area contributed by atoms with Crippen molar-refractivity contribution in [3.05, 3.63) is 66.1 Å². The number of ether oxygens (including phenoxy) is 2. The van der Waals surface area contributed by atoms with Crippen LogP contribution in [0.25, 0.3) is 6.08 Å². The highest BCUT2D eigenvalue weighted by Crippen LogP contribution is 2.16. The molecule has 0 saturated carbocycles.